The number of nitrogens with two attached hydrogens (primary N) is 1. The van der Waals surface area contributed by atoms with Crippen molar-refractivity contribution in [2.75, 3.05) is 13.2 Å². The maximum atomic E-state index is 13.0. The first-order valence-electron chi connectivity index (χ1n) is 9.97. The first-order chi connectivity index (χ1) is 14.9. The predicted octanol–water partition coefficient (Wildman–Crippen LogP) is 3.05. The fraction of sp³-hybridized carbons (Fsp3) is 0.318. The highest BCUT2D eigenvalue weighted by Crippen LogP contribution is 2.35. The van der Waals surface area contributed by atoms with Crippen LogP contribution in [0.1, 0.15) is 21.7 Å². The minimum Gasteiger partial charge on any atom is -0.486 e. The van der Waals surface area contributed by atoms with E-state index in [1.54, 1.807) is 18.2 Å². The number of nitrogens with zero attached hydrogens (tertiary/aromatic N) is 1. The van der Waals surface area contributed by atoms with Gasteiger partial charge in [-0.25, -0.2) is 0 Å². The van der Waals surface area contributed by atoms with E-state index < -0.39 is 0 Å². The summed E-state index contributed by atoms with van der Waals surface area (Å²) in [5, 5.41) is 10.3. The number of amidine groups is 1. The number of halogens is 1. The van der Waals surface area contributed by atoms with Crippen molar-refractivity contribution in [2.24, 2.45) is 17.6 Å². The zero-order valence-electron chi connectivity index (χ0n) is 16.7. The third-order valence-corrected chi connectivity index (χ3v) is 6.76. The third-order valence-electron chi connectivity index (χ3n) is 5.53. The van der Waals surface area contributed by atoms with Gasteiger partial charge in [0.15, 0.2) is 0 Å². The Morgan fingerprint density at radius 2 is 2.19 bits per heavy atom. The Morgan fingerprint density at radius 1 is 1.35 bits per heavy atom. The molecule has 9 heteroatoms. The molecule has 3 atom stereocenters. The maximum absolute atomic E-state index is 13.0. The van der Waals surface area contributed by atoms with Crippen LogP contribution >= 0.6 is 22.9 Å². The van der Waals surface area contributed by atoms with Gasteiger partial charge in [0, 0.05) is 24.9 Å². The molecule has 2 aliphatic rings. The molecule has 1 aromatic heterocycles. The Hall–Kier alpha value is -2.84. The lowest BCUT2D eigenvalue weighted by molar-refractivity contribution is -0.131. The van der Waals surface area contributed by atoms with Crippen LogP contribution in [0.25, 0.3) is 0 Å². The number of hydrogen-bond donors (Lipinski definition) is 3. The number of thiophene rings is 1. The molecular weight excluding hydrogens is 436 g/mol. The molecular formula is C22H23ClN4O3S. The SMILES string of the molecule is N=C(N)COc1cccc(CN2CC3C(NC(=O)c4ccc(Cl)s4)C=CC[C@H]3C2=O)c1. The van der Waals surface area contributed by atoms with Gasteiger partial charge in [-0.2, -0.15) is 0 Å². The van der Waals surface area contributed by atoms with Crippen LogP contribution in [-0.2, 0) is 11.3 Å². The van der Waals surface area contributed by atoms with Crippen LogP contribution in [0.4, 0.5) is 0 Å². The molecule has 1 aliphatic heterocycles. The van der Waals surface area contributed by atoms with E-state index in [1.165, 1.54) is 11.3 Å². The van der Waals surface area contributed by atoms with Crippen LogP contribution < -0.4 is 15.8 Å². The highest BCUT2D eigenvalue weighted by atomic mass is 35.5. The monoisotopic (exact) mass is 458 g/mol. The van der Waals surface area contributed by atoms with Gasteiger partial charge in [0.2, 0.25) is 5.91 Å². The summed E-state index contributed by atoms with van der Waals surface area (Å²) in [6.07, 6.45) is 4.64. The van der Waals surface area contributed by atoms with Gasteiger partial charge in [-0.3, -0.25) is 15.0 Å². The summed E-state index contributed by atoms with van der Waals surface area (Å²) < 4.78 is 6.05. The highest BCUT2D eigenvalue weighted by molar-refractivity contribution is 7.18. The summed E-state index contributed by atoms with van der Waals surface area (Å²) in [4.78, 5) is 28.0. The Bertz CT molecular complexity index is 1040. The van der Waals surface area contributed by atoms with Crippen molar-refractivity contribution in [3.8, 4) is 5.75 Å². The van der Waals surface area contributed by atoms with Crippen molar-refractivity contribution in [3.05, 3.63) is 63.3 Å². The Balaban J connectivity index is 1.42. The van der Waals surface area contributed by atoms with Crippen LogP contribution in [0, 0.1) is 17.2 Å². The van der Waals surface area contributed by atoms with Gasteiger partial charge in [0.05, 0.1) is 15.3 Å². The molecule has 1 aromatic carbocycles. The van der Waals surface area contributed by atoms with Crippen LogP contribution in [0.5, 0.6) is 5.75 Å². The van der Waals surface area contributed by atoms with Gasteiger partial charge in [-0.15, -0.1) is 11.3 Å². The number of hydrogen-bond acceptors (Lipinski definition) is 5. The van der Waals surface area contributed by atoms with Gasteiger partial charge in [0.25, 0.3) is 5.91 Å². The zero-order chi connectivity index (χ0) is 22.0. The summed E-state index contributed by atoms with van der Waals surface area (Å²) in [7, 11) is 0. The van der Waals surface area contributed by atoms with Gasteiger partial charge in [0.1, 0.15) is 18.2 Å². The van der Waals surface area contributed by atoms with E-state index in [0.29, 0.717) is 34.5 Å². The highest BCUT2D eigenvalue weighted by Gasteiger charge is 2.44. The predicted molar refractivity (Wildman–Crippen MR) is 121 cm³/mol. The van der Waals surface area contributed by atoms with Crippen molar-refractivity contribution in [2.45, 2.75) is 19.0 Å². The topological polar surface area (TPSA) is 109 Å². The normalized spacial score (nSPS) is 22.3. The van der Waals surface area contributed by atoms with E-state index in [1.807, 2.05) is 35.3 Å². The molecule has 1 aliphatic carbocycles. The Morgan fingerprint density at radius 3 is 2.94 bits per heavy atom. The maximum Gasteiger partial charge on any atom is 0.261 e. The van der Waals surface area contributed by atoms with Crippen LogP contribution in [0.15, 0.2) is 48.6 Å². The van der Waals surface area contributed by atoms with Crippen molar-refractivity contribution in [1.29, 1.82) is 5.41 Å². The average molecular weight is 459 g/mol. The molecule has 0 spiro atoms. The second-order valence-electron chi connectivity index (χ2n) is 7.72. The minimum atomic E-state index is -0.202. The number of nitrogens with one attached hydrogen (secondary N) is 2. The second kappa shape index (κ2) is 9.11. The molecule has 0 radical (unpaired) electrons. The third kappa shape index (κ3) is 4.91. The lowest BCUT2D eigenvalue weighted by atomic mass is 9.82. The summed E-state index contributed by atoms with van der Waals surface area (Å²) in [6.45, 7) is 1.06. The van der Waals surface area contributed by atoms with Crippen molar-refractivity contribution in [3.63, 3.8) is 0 Å². The molecule has 0 bridgehead atoms. The number of carbonyl (C=O) groups excluding carboxylic acids is 2. The lowest BCUT2D eigenvalue weighted by Gasteiger charge is -2.28. The standard InChI is InChI=1S/C22H23ClN4O3S/c23-19-8-7-18(31-19)21(28)26-17-6-2-5-15-16(17)11-27(22(15)29)10-13-3-1-4-14(9-13)30-12-20(24)25/h1-4,6-9,15-17H,5,10-12H2,(H3,24,25)(H,26,28)/t15-,16?,17?/m1/s1. The zero-order valence-corrected chi connectivity index (χ0v) is 18.3. The number of ether oxygens (including phenoxy) is 1. The van der Waals surface area contributed by atoms with Crippen molar-refractivity contribution in [1.82, 2.24) is 10.2 Å². The number of amides is 2. The summed E-state index contributed by atoms with van der Waals surface area (Å²) in [5.74, 6) is 0.373. The summed E-state index contributed by atoms with van der Waals surface area (Å²) in [6, 6.07) is 10.7. The number of benzene rings is 1. The van der Waals surface area contributed by atoms with Crippen molar-refractivity contribution < 1.29 is 14.3 Å². The first kappa shape index (κ1) is 21.4. The molecule has 7 nitrogen and oxygen atoms in total. The molecule has 2 heterocycles. The molecule has 4 rings (SSSR count). The smallest absolute Gasteiger partial charge is 0.261 e. The van der Waals surface area contributed by atoms with Crippen LogP contribution in [0.3, 0.4) is 0 Å². The molecule has 2 unspecified atom stereocenters. The molecule has 162 valence electrons. The van der Waals surface area contributed by atoms with E-state index in [9.17, 15) is 9.59 Å². The molecule has 0 saturated carbocycles. The Labute approximate surface area is 189 Å². The number of fused-ring (bicyclic) bond motifs is 1. The van der Waals surface area contributed by atoms with E-state index >= 15 is 0 Å². The number of carbonyl (C=O) groups is 2. The van der Waals surface area contributed by atoms with Crippen LogP contribution in [-0.4, -0.2) is 41.7 Å². The van der Waals surface area contributed by atoms with E-state index in [2.05, 4.69) is 5.32 Å². The van der Waals surface area contributed by atoms with Crippen LogP contribution in [0.2, 0.25) is 4.34 Å². The molecule has 4 N–H and O–H groups in total. The minimum absolute atomic E-state index is 0.0222. The largest absolute Gasteiger partial charge is 0.486 e. The lowest BCUT2D eigenvalue weighted by Crippen LogP contribution is -2.43. The van der Waals surface area contributed by atoms with E-state index in [-0.39, 0.29) is 42.1 Å². The fourth-order valence-electron chi connectivity index (χ4n) is 4.11. The number of rotatable bonds is 7. The molecule has 1 saturated heterocycles. The summed E-state index contributed by atoms with van der Waals surface area (Å²) >= 11 is 7.18. The first-order valence-corrected chi connectivity index (χ1v) is 11.2. The fourth-order valence-corrected chi connectivity index (χ4v) is 5.06. The van der Waals surface area contributed by atoms with E-state index in [0.717, 1.165) is 5.56 Å². The van der Waals surface area contributed by atoms with Crippen molar-refractivity contribution >= 4 is 40.6 Å². The average Bonchev–Trinajstić information content (AvgIpc) is 3.31. The Kier molecular flexibility index (Phi) is 6.29. The number of likely N-dealkylation sites (tertiary alicyclic amines) is 1. The quantitative estimate of drug-likeness (QED) is 0.336. The van der Waals surface area contributed by atoms with E-state index in [4.69, 9.17) is 27.5 Å². The van der Waals surface area contributed by atoms with Gasteiger partial charge >= 0.3 is 0 Å². The second-order valence-corrected chi connectivity index (χ2v) is 9.43. The van der Waals surface area contributed by atoms with Gasteiger partial charge in [-0.1, -0.05) is 35.9 Å². The molecule has 2 amide bonds. The summed E-state index contributed by atoms with van der Waals surface area (Å²) in [5.41, 5.74) is 6.28. The molecule has 2 aromatic rings. The van der Waals surface area contributed by atoms with Gasteiger partial charge < -0.3 is 20.7 Å². The number of allylic oxidation sites excluding steroid dienone is 1. The van der Waals surface area contributed by atoms with Gasteiger partial charge in [-0.05, 0) is 36.2 Å². The molecule has 31 heavy (non-hydrogen) atoms. The molecule has 1 fully saturated rings.